The molecule has 0 saturated carbocycles. The second-order valence-corrected chi connectivity index (χ2v) is 9.47. The first-order valence-electron chi connectivity index (χ1n) is 11.9. The van der Waals surface area contributed by atoms with Crippen LogP contribution in [0.2, 0.25) is 0 Å². The second kappa shape index (κ2) is 10.1. The third kappa shape index (κ3) is 5.65. The van der Waals surface area contributed by atoms with E-state index in [1.165, 1.54) is 29.7 Å². The Balaban J connectivity index is 1.34. The molecule has 0 amide bonds. The number of aromatic nitrogens is 1. The van der Waals surface area contributed by atoms with Crippen molar-refractivity contribution in [3.8, 4) is 0 Å². The zero-order valence-electron chi connectivity index (χ0n) is 19.4. The number of hydrogen-bond acceptors (Lipinski definition) is 5. The molecule has 4 rings (SSSR count). The molecule has 0 unspecified atom stereocenters. The second-order valence-electron chi connectivity index (χ2n) is 9.47. The van der Waals surface area contributed by atoms with Gasteiger partial charge >= 0.3 is 0 Å². The molecule has 2 saturated heterocycles. The van der Waals surface area contributed by atoms with Crippen molar-refractivity contribution in [2.75, 3.05) is 44.2 Å². The Kier molecular flexibility index (Phi) is 7.26. The van der Waals surface area contributed by atoms with Crippen LogP contribution in [0.1, 0.15) is 41.8 Å². The lowest BCUT2D eigenvalue weighted by molar-refractivity contribution is 0.0248. The number of rotatable bonds is 6. The summed E-state index contributed by atoms with van der Waals surface area (Å²) in [6.07, 6.45) is 3.28. The summed E-state index contributed by atoms with van der Waals surface area (Å²) in [4.78, 5) is 12.5. The van der Waals surface area contributed by atoms with Gasteiger partial charge in [0.15, 0.2) is 0 Å². The molecule has 0 bridgehead atoms. The first-order chi connectivity index (χ1) is 15.0. The molecular formula is C26H38N4O. The molecule has 168 valence electrons. The highest BCUT2D eigenvalue weighted by Gasteiger charge is 2.32. The van der Waals surface area contributed by atoms with Crippen LogP contribution in [-0.4, -0.2) is 71.3 Å². The molecule has 0 aliphatic carbocycles. The zero-order valence-corrected chi connectivity index (χ0v) is 19.4. The molecule has 5 heteroatoms. The largest absolute Gasteiger partial charge is 0.396 e. The number of nitrogens with zero attached hydrogens (tertiary/aromatic N) is 4. The summed E-state index contributed by atoms with van der Waals surface area (Å²) < 4.78 is 0. The van der Waals surface area contributed by atoms with E-state index in [1.807, 2.05) is 0 Å². The van der Waals surface area contributed by atoms with Gasteiger partial charge in [-0.05, 0) is 75.4 Å². The Morgan fingerprint density at radius 1 is 0.968 bits per heavy atom. The molecular weight excluding hydrogens is 384 g/mol. The van der Waals surface area contributed by atoms with Crippen LogP contribution < -0.4 is 4.90 Å². The van der Waals surface area contributed by atoms with Crippen molar-refractivity contribution in [3.63, 3.8) is 0 Å². The van der Waals surface area contributed by atoms with Crippen molar-refractivity contribution in [2.24, 2.45) is 0 Å². The lowest BCUT2D eigenvalue weighted by Crippen LogP contribution is -2.57. The average molecular weight is 423 g/mol. The van der Waals surface area contributed by atoms with E-state index in [2.05, 4.69) is 71.9 Å². The molecule has 3 heterocycles. The lowest BCUT2D eigenvalue weighted by atomic mass is 9.98. The molecule has 2 aromatic rings. The molecule has 0 spiro atoms. The number of aryl methyl sites for hydroxylation is 3. The van der Waals surface area contributed by atoms with Gasteiger partial charge in [0.1, 0.15) is 0 Å². The molecule has 31 heavy (non-hydrogen) atoms. The maximum atomic E-state index is 9.68. The van der Waals surface area contributed by atoms with Gasteiger partial charge in [0.25, 0.3) is 0 Å². The van der Waals surface area contributed by atoms with Crippen LogP contribution in [0.5, 0.6) is 0 Å². The van der Waals surface area contributed by atoms with Crippen molar-refractivity contribution in [2.45, 2.75) is 58.7 Å². The number of aliphatic hydroxyl groups is 1. The van der Waals surface area contributed by atoms with E-state index in [1.54, 1.807) is 0 Å². The van der Waals surface area contributed by atoms with Gasteiger partial charge < -0.3 is 10.0 Å². The van der Waals surface area contributed by atoms with Crippen LogP contribution >= 0.6 is 0 Å². The average Bonchev–Trinajstić information content (AvgIpc) is 2.75. The topological polar surface area (TPSA) is 42.8 Å². The molecule has 2 aliphatic rings. The van der Waals surface area contributed by atoms with Crippen molar-refractivity contribution in [3.05, 3.63) is 58.9 Å². The molecule has 2 aliphatic heterocycles. The highest BCUT2D eigenvalue weighted by molar-refractivity contribution is 5.51. The molecule has 1 aromatic heterocycles. The van der Waals surface area contributed by atoms with Gasteiger partial charge in [0.2, 0.25) is 0 Å². The predicted molar refractivity (Wildman–Crippen MR) is 128 cm³/mol. The predicted octanol–water partition coefficient (Wildman–Crippen LogP) is 3.54. The summed E-state index contributed by atoms with van der Waals surface area (Å²) in [7, 11) is 0. The fourth-order valence-electron chi connectivity index (χ4n) is 5.40. The van der Waals surface area contributed by atoms with E-state index < -0.39 is 0 Å². The van der Waals surface area contributed by atoms with E-state index in [9.17, 15) is 5.11 Å². The summed E-state index contributed by atoms with van der Waals surface area (Å²) in [5.41, 5.74) is 6.29. The summed E-state index contributed by atoms with van der Waals surface area (Å²) >= 11 is 0. The van der Waals surface area contributed by atoms with Crippen LogP contribution in [-0.2, 0) is 6.54 Å². The first-order valence-corrected chi connectivity index (χ1v) is 11.9. The number of piperidine rings is 1. The van der Waals surface area contributed by atoms with Crippen molar-refractivity contribution in [1.29, 1.82) is 0 Å². The number of aliphatic hydroxyl groups excluding tert-OH is 1. The molecule has 0 radical (unpaired) electrons. The third-order valence-electron chi connectivity index (χ3n) is 6.96. The molecule has 1 N–H and O–H groups in total. The van der Waals surface area contributed by atoms with Crippen molar-refractivity contribution in [1.82, 2.24) is 14.8 Å². The Labute approximate surface area is 187 Å². The van der Waals surface area contributed by atoms with Gasteiger partial charge in [-0.15, -0.1) is 0 Å². The van der Waals surface area contributed by atoms with E-state index in [4.69, 9.17) is 4.98 Å². The van der Waals surface area contributed by atoms with Crippen LogP contribution in [0.15, 0.2) is 36.4 Å². The third-order valence-corrected chi connectivity index (χ3v) is 6.96. The number of anilines is 1. The number of benzene rings is 1. The SMILES string of the molecule is Cc1cc(C)cc(N2CCC(N3CCN(Cc4cccc(C)n4)[C@H](CCO)C3)CC2)c1. The van der Waals surface area contributed by atoms with Crippen molar-refractivity contribution < 1.29 is 5.11 Å². The Morgan fingerprint density at radius 3 is 2.39 bits per heavy atom. The number of pyridine rings is 1. The van der Waals surface area contributed by atoms with Crippen LogP contribution in [0.4, 0.5) is 5.69 Å². The highest BCUT2D eigenvalue weighted by atomic mass is 16.3. The molecule has 5 nitrogen and oxygen atoms in total. The minimum Gasteiger partial charge on any atom is -0.396 e. The zero-order chi connectivity index (χ0) is 21.8. The minimum atomic E-state index is 0.251. The number of hydrogen-bond donors (Lipinski definition) is 1. The van der Waals surface area contributed by atoms with Crippen LogP contribution in [0.25, 0.3) is 0 Å². The summed E-state index contributed by atoms with van der Waals surface area (Å²) in [6.45, 7) is 13.0. The Hall–Kier alpha value is -1.95. The van der Waals surface area contributed by atoms with Gasteiger partial charge in [-0.25, -0.2) is 0 Å². The lowest BCUT2D eigenvalue weighted by Gasteiger charge is -2.46. The van der Waals surface area contributed by atoms with Gasteiger partial charge in [-0.1, -0.05) is 12.1 Å². The van der Waals surface area contributed by atoms with Crippen molar-refractivity contribution >= 4 is 5.69 Å². The summed E-state index contributed by atoms with van der Waals surface area (Å²) in [6, 6.07) is 14.2. The van der Waals surface area contributed by atoms with Crippen LogP contribution in [0, 0.1) is 20.8 Å². The smallest absolute Gasteiger partial charge is 0.0547 e. The fourth-order valence-corrected chi connectivity index (χ4v) is 5.40. The summed E-state index contributed by atoms with van der Waals surface area (Å²) in [5, 5.41) is 9.68. The maximum Gasteiger partial charge on any atom is 0.0547 e. The van der Waals surface area contributed by atoms with Gasteiger partial charge in [0.05, 0.1) is 5.69 Å². The first kappa shape index (κ1) is 22.3. The maximum absolute atomic E-state index is 9.68. The normalized spacial score (nSPS) is 21.5. The monoisotopic (exact) mass is 422 g/mol. The number of piperazine rings is 1. The van der Waals surface area contributed by atoms with Gasteiger partial charge in [-0.3, -0.25) is 14.8 Å². The summed E-state index contributed by atoms with van der Waals surface area (Å²) in [5.74, 6) is 0. The van der Waals surface area contributed by atoms with E-state index in [0.29, 0.717) is 12.1 Å². The minimum absolute atomic E-state index is 0.251. The standard InChI is InChI=1S/C26H38N4O/c1-20-15-21(2)17-26(16-20)28-10-7-24(8-11-28)30-13-12-29(25(19-30)9-14-31)18-23-6-4-5-22(3)27-23/h4-6,15-17,24-25,31H,7-14,18-19H2,1-3H3/t25-/m1/s1. The van der Waals surface area contributed by atoms with Gasteiger partial charge in [-0.2, -0.15) is 0 Å². The van der Waals surface area contributed by atoms with E-state index >= 15 is 0 Å². The highest BCUT2D eigenvalue weighted by Crippen LogP contribution is 2.27. The quantitative estimate of drug-likeness (QED) is 0.771. The van der Waals surface area contributed by atoms with Crippen LogP contribution in [0.3, 0.4) is 0 Å². The molecule has 2 fully saturated rings. The molecule has 1 atom stereocenters. The Morgan fingerprint density at radius 2 is 1.71 bits per heavy atom. The molecule has 1 aromatic carbocycles. The van der Waals surface area contributed by atoms with Gasteiger partial charge in [0, 0.05) is 69.3 Å². The Bertz CT molecular complexity index is 842. The fraction of sp³-hybridized carbons (Fsp3) is 0.577. The van der Waals surface area contributed by atoms with E-state index in [0.717, 1.165) is 57.1 Å². The van der Waals surface area contributed by atoms with E-state index in [-0.39, 0.29) is 6.61 Å².